The second kappa shape index (κ2) is 4.53. The van der Waals surface area contributed by atoms with Gasteiger partial charge in [-0.1, -0.05) is 29.3 Å². The number of hydrogen-bond acceptors (Lipinski definition) is 0. The van der Waals surface area contributed by atoms with E-state index in [1.165, 1.54) is 11.6 Å². The van der Waals surface area contributed by atoms with Crippen LogP contribution in [0.3, 0.4) is 0 Å². The Balaban J connectivity index is 2.62. The smallest absolute Gasteiger partial charge is 0.131 e. The van der Waals surface area contributed by atoms with Crippen LogP contribution in [0.15, 0.2) is 36.4 Å². The van der Waals surface area contributed by atoms with Crippen LogP contribution in [0.4, 0.5) is 4.39 Å². The fraction of sp³-hybridized carbons (Fsp3) is 0.143. The van der Waals surface area contributed by atoms with E-state index in [0.29, 0.717) is 5.56 Å². The van der Waals surface area contributed by atoms with Crippen LogP contribution in [0.25, 0.3) is 11.1 Å². The maximum Gasteiger partial charge on any atom is 0.131 e. The van der Waals surface area contributed by atoms with E-state index >= 15 is 0 Å². The van der Waals surface area contributed by atoms with Gasteiger partial charge in [0.1, 0.15) is 5.82 Å². The van der Waals surface area contributed by atoms with Crippen molar-refractivity contribution in [1.29, 1.82) is 0 Å². The Morgan fingerprint density at radius 3 is 2.19 bits per heavy atom. The summed E-state index contributed by atoms with van der Waals surface area (Å²) in [5.74, 6) is -0.160. The first-order valence-corrected chi connectivity index (χ1v) is 6.18. The molecule has 0 aliphatic heterocycles. The van der Waals surface area contributed by atoms with Gasteiger partial charge in [-0.05, 0) is 60.2 Å². The van der Waals surface area contributed by atoms with Crippen LogP contribution >= 0.6 is 22.6 Å². The number of benzene rings is 2. The lowest BCUT2D eigenvalue weighted by molar-refractivity contribution is 0.631. The molecule has 0 aliphatic rings. The first-order chi connectivity index (χ1) is 7.58. The Kier molecular flexibility index (Phi) is 3.28. The van der Waals surface area contributed by atoms with Gasteiger partial charge in [0.2, 0.25) is 0 Å². The lowest BCUT2D eigenvalue weighted by Crippen LogP contribution is -1.89. The van der Waals surface area contributed by atoms with Gasteiger partial charge in [-0.3, -0.25) is 0 Å². The molecule has 0 aromatic heterocycles. The number of halogens is 2. The summed E-state index contributed by atoms with van der Waals surface area (Å²) in [5, 5.41) is 0. The van der Waals surface area contributed by atoms with Gasteiger partial charge in [0.15, 0.2) is 0 Å². The molecule has 2 aromatic carbocycles. The largest absolute Gasteiger partial charge is 0.206 e. The average Bonchev–Trinajstić information content (AvgIpc) is 2.22. The zero-order valence-electron chi connectivity index (χ0n) is 9.22. The predicted molar refractivity (Wildman–Crippen MR) is 74.0 cm³/mol. The Hall–Kier alpha value is -0.900. The Morgan fingerprint density at radius 2 is 1.50 bits per heavy atom. The molecule has 0 saturated carbocycles. The van der Waals surface area contributed by atoms with Gasteiger partial charge >= 0.3 is 0 Å². The number of aryl methyl sites for hydroxylation is 2. The van der Waals surface area contributed by atoms with Crippen LogP contribution < -0.4 is 0 Å². The van der Waals surface area contributed by atoms with Gasteiger partial charge in [0.05, 0.1) is 0 Å². The summed E-state index contributed by atoms with van der Waals surface area (Å²) in [7, 11) is 0. The van der Waals surface area contributed by atoms with Crippen molar-refractivity contribution in [1.82, 2.24) is 0 Å². The molecule has 0 fully saturated rings. The zero-order chi connectivity index (χ0) is 11.7. The van der Waals surface area contributed by atoms with E-state index in [1.807, 2.05) is 32.0 Å². The average molecular weight is 326 g/mol. The fourth-order valence-electron chi connectivity index (χ4n) is 1.68. The second-order valence-corrected chi connectivity index (χ2v) is 5.13. The molecule has 0 unspecified atom stereocenters. The summed E-state index contributed by atoms with van der Waals surface area (Å²) in [5.41, 5.74) is 3.92. The second-order valence-electron chi connectivity index (χ2n) is 3.97. The van der Waals surface area contributed by atoms with E-state index in [-0.39, 0.29) is 5.82 Å². The van der Waals surface area contributed by atoms with Crippen molar-refractivity contribution in [3.8, 4) is 11.1 Å². The summed E-state index contributed by atoms with van der Waals surface area (Å²) in [6.45, 7) is 4.02. The number of hydrogen-bond donors (Lipinski definition) is 0. The summed E-state index contributed by atoms with van der Waals surface area (Å²) >= 11 is 2.25. The molecule has 0 amide bonds. The topological polar surface area (TPSA) is 0 Å². The summed E-state index contributed by atoms with van der Waals surface area (Å²) in [6, 6.07) is 11.3. The molecule has 0 radical (unpaired) electrons. The Morgan fingerprint density at radius 1 is 0.875 bits per heavy atom. The van der Waals surface area contributed by atoms with Crippen LogP contribution in [-0.4, -0.2) is 0 Å². The maximum absolute atomic E-state index is 13.7. The third kappa shape index (κ3) is 2.26. The summed E-state index contributed by atoms with van der Waals surface area (Å²) in [4.78, 5) is 0. The third-order valence-corrected chi connectivity index (χ3v) is 3.43. The Labute approximate surface area is 109 Å². The molecule has 0 saturated heterocycles. The normalized spacial score (nSPS) is 10.5. The molecule has 82 valence electrons. The van der Waals surface area contributed by atoms with E-state index in [9.17, 15) is 4.39 Å². The van der Waals surface area contributed by atoms with Gasteiger partial charge in [0, 0.05) is 9.13 Å². The van der Waals surface area contributed by atoms with Crippen molar-refractivity contribution in [2.45, 2.75) is 13.8 Å². The molecule has 2 heteroatoms. The molecule has 0 aliphatic carbocycles. The van der Waals surface area contributed by atoms with Crippen LogP contribution in [-0.2, 0) is 0 Å². The van der Waals surface area contributed by atoms with E-state index in [0.717, 1.165) is 14.7 Å². The zero-order valence-corrected chi connectivity index (χ0v) is 11.4. The first kappa shape index (κ1) is 11.6. The van der Waals surface area contributed by atoms with E-state index in [2.05, 4.69) is 28.7 Å². The molecule has 0 nitrogen and oxygen atoms in total. The third-order valence-electron chi connectivity index (χ3n) is 2.54. The van der Waals surface area contributed by atoms with Crippen LogP contribution in [0.5, 0.6) is 0 Å². The number of rotatable bonds is 1. The maximum atomic E-state index is 13.7. The van der Waals surface area contributed by atoms with Crippen molar-refractivity contribution in [3.05, 3.63) is 56.9 Å². The highest BCUT2D eigenvalue weighted by atomic mass is 127. The molecule has 0 bridgehead atoms. The van der Waals surface area contributed by atoms with Crippen molar-refractivity contribution >= 4 is 22.6 Å². The molecule has 0 N–H and O–H groups in total. The SMILES string of the molecule is Cc1ccc(-c2cc(C)ccc2F)c(I)c1. The van der Waals surface area contributed by atoms with Gasteiger partial charge in [0.25, 0.3) is 0 Å². The molecule has 16 heavy (non-hydrogen) atoms. The highest BCUT2D eigenvalue weighted by Gasteiger charge is 2.08. The molecular formula is C14H12FI. The van der Waals surface area contributed by atoms with E-state index in [4.69, 9.17) is 0 Å². The van der Waals surface area contributed by atoms with Gasteiger partial charge < -0.3 is 0 Å². The molecule has 0 heterocycles. The minimum absolute atomic E-state index is 0.160. The van der Waals surface area contributed by atoms with Crippen molar-refractivity contribution < 1.29 is 4.39 Å². The van der Waals surface area contributed by atoms with Gasteiger partial charge in [-0.2, -0.15) is 0 Å². The quantitative estimate of drug-likeness (QED) is 0.666. The van der Waals surface area contributed by atoms with Crippen molar-refractivity contribution in [2.24, 2.45) is 0 Å². The minimum Gasteiger partial charge on any atom is -0.206 e. The van der Waals surface area contributed by atoms with Gasteiger partial charge in [-0.25, -0.2) is 4.39 Å². The molecule has 0 atom stereocenters. The predicted octanol–water partition coefficient (Wildman–Crippen LogP) is 4.71. The van der Waals surface area contributed by atoms with Crippen LogP contribution in [0.1, 0.15) is 11.1 Å². The lowest BCUT2D eigenvalue weighted by atomic mass is 10.0. The van der Waals surface area contributed by atoms with Crippen molar-refractivity contribution in [3.63, 3.8) is 0 Å². The highest BCUT2D eigenvalue weighted by Crippen LogP contribution is 2.28. The molecule has 2 rings (SSSR count). The van der Waals surface area contributed by atoms with Crippen molar-refractivity contribution in [2.75, 3.05) is 0 Å². The molecule has 0 spiro atoms. The fourth-order valence-corrected chi connectivity index (χ4v) is 2.65. The van der Waals surface area contributed by atoms with Crippen LogP contribution in [0.2, 0.25) is 0 Å². The monoisotopic (exact) mass is 326 g/mol. The van der Waals surface area contributed by atoms with Gasteiger partial charge in [-0.15, -0.1) is 0 Å². The van der Waals surface area contributed by atoms with E-state index < -0.39 is 0 Å². The summed E-state index contributed by atoms with van der Waals surface area (Å²) in [6.07, 6.45) is 0. The standard InChI is InChI=1S/C14H12FI/c1-9-4-6-13(15)12(7-9)11-5-3-10(2)8-14(11)16/h3-8H,1-2H3. The minimum atomic E-state index is -0.160. The summed E-state index contributed by atoms with van der Waals surface area (Å²) < 4.78 is 14.8. The van der Waals surface area contributed by atoms with Crippen LogP contribution in [0, 0.1) is 23.2 Å². The molecular weight excluding hydrogens is 314 g/mol. The Bertz CT molecular complexity index is 532. The lowest BCUT2D eigenvalue weighted by Gasteiger charge is -2.08. The first-order valence-electron chi connectivity index (χ1n) is 5.10. The highest BCUT2D eigenvalue weighted by molar-refractivity contribution is 14.1. The van der Waals surface area contributed by atoms with E-state index in [1.54, 1.807) is 6.07 Å². The molecule has 2 aromatic rings.